The summed E-state index contributed by atoms with van der Waals surface area (Å²) in [5.41, 5.74) is 0.407. The lowest BCUT2D eigenvalue weighted by atomic mass is 10.3. The molecule has 0 amide bonds. The molecule has 0 bridgehead atoms. The Kier molecular flexibility index (Phi) is 8.69. The second kappa shape index (κ2) is 10.4. The highest BCUT2D eigenvalue weighted by Gasteiger charge is 2.03. The van der Waals surface area contributed by atoms with E-state index in [0.717, 1.165) is 0 Å². The van der Waals surface area contributed by atoms with Gasteiger partial charge in [0.1, 0.15) is 11.6 Å². The fourth-order valence-electron chi connectivity index (χ4n) is 1.49. The summed E-state index contributed by atoms with van der Waals surface area (Å²) in [7, 11) is 3.17. The lowest BCUT2D eigenvalue weighted by Crippen LogP contribution is -2.14. The van der Waals surface area contributed by atoms with E-state index in [1.807, 2.05) is 0 Å². The van der Waals surface area contributed by atoms with Crippen molar-refractivity contribution in [3.63, 3.8) is 0 Å². The molecule has 0 saturated carbocycles. The van der Waals surface area contributed by atoms with Crippen LogP contribution in [-0.4, -0.2) is 53.8 Å². The highest BCUT2D eigenvalue weighted by atomic mass is 19.1. The zero-order valence-corrected chi connectivity index (χ0v) is 12.0. The topological polar surface area (TPSA) is 49.0 Å². The molecule has 5 nitrogen and oxygen atoms in total. The van der Waals surface area contributed by atoms with Gasteiger partial charge in [-0.2, -0.15) is 0 Å². The van der Waals surface area contributed by atoms with Crippen LogP contribution in [0, 0.1) is 5.82 Å². The van der Waals surface area contributed by atoms with Crippen LogP contribution in [0.2, 0.25) is 0 Å². The molecule has 0 heterocycles. The standard InChI is InChI=1S/C14H22FNO4/c1-17-7-8-20-10-9-19-6-5-16-14-11-12(18-2)3-4-13(14)15/h3-4,11,16H,5-10H2,1-2H3. The molecule has 0 fully saturated rings. The largest absolute Gasteiger partial charge is 0.497 e. The van der Waals surface area contributed by atoms with Crippen molar-refractivity contribution in [1.82, 2.24) is 0 Å². The number of methoxy groups -OCH3 is 2. The van der Waals surface area contributed by atoms with E-state index >= 15 is 0 Å². The normalized spacial score (nSPS) is 10.6. The number of hydrogen-bond acceptors (Lipinski definition) is 5. The van der Waals surface area contributed by atoms with Gasteiger partial charge in [0.05, 0.1) is 45.8 Å². The Balaban J connectivity index is 2.09. The van der Waals surface area contributed by atoms with Crippen LogP contribution in [0.5, 0.6) is 5.75 Å². The van der Waals surface area contributed by atoms with E-state index in [1.165, 1.54) is 6.07 Å². The smallest absolute Gasteiger partial charge is 0.146 e. The maximum Gasteiger partial charge on any atom is 0.146 e. The molecule has 1 aromatic carbocycles. The molecule has 114 valence electrons. The molecular formula is C14H22FNO4. The van der Waals surface area contributed by atoms with Crippen LogP contribution in [0.15, 0.2) is 18.2 Å². The Morgan fingerprint density at radius 2 is 1.70 bits per heavy atom. The monoisotopic (exact) mass is 287 g/mol. The van der Waals surface area contributed by atoms with Crippen molar-refractivity contribution in [2.45, 2.75) is 0 Å². The molecule has 0 unspecified atom stereocenters. The zero-order chi connectivity index (χ0) is 14.6. The second-order valence-corrected chi connectivity index (χ2v) is 3.99. The minimum Gasteiger partial charge on any atom is -0.497 e. The summed E-state index contributed by atoms with van der Waals surface area (Å²) in [6.07, 6.45) is 0. The minimum absolute atomic E-state index is 0.311. The van der Waals surface area contributed by atoms with Gasteiger partial charge in [-0.05, 0) is 12.1 Å². The number of nitrogens with one attached hydrogen (secondary N) is 1. The Hall–Kier alpha value is -1.37. The minimum atomic E-state index is -0.311. The lowest BCUT2D eigenvalue weighted by Gasteiger charge is -2.10. The molecule has 1 rings (SSSR count). The Bertz CT molecular complexity index is 376. The van der Waals surface area contributed by atoms with Crippen molar-refractivity contribution in [3.05, 3.63) is 24.0 Å². The van der Waals surface area contributed by atoms with Crippen LogP contribution in [0.25, 0.3) is 0 Å². The van der Waals surface area contributed by atoms with E-state index in [2.05, 4.69) is 5.32 Å². The molecule has 0 atom stereocenters. The number of hydrogen-bond donors (Lipinski definition) is 1. The van der Waals surface area contributed by atoms with E-state index in [0.29, 0.717) is 51.0 Å². The van der Waals surface area contributed by atoms with Gasteiger partial charge < -0.3 is 24.3 Å². The van der Waals surface area contributed by atoms with Gasteiger partial charge in [-0.1, -0.05) is 0 Å². The van der Waals surface area contributed by atoms with Gasteiger partial charge >= 0.3 is 0 Å². The molecule has 20 heavy (non-hydrogen) atoms. The molecule has 0 aliphatic rings. The van der Waals surface area contributed by atoms with Crippen LogP contribution in [0.4, 0.5) is 10.1 Å². The molecule has 0 spiro atoms. The molecule has 0 aliphatic carbocycles. The van der Waals surface area contributed by atoms with Crippen molar-refractivity contribution in [2.24, 2.45) is 0 Å². The Labute approximate surface area is 119 Å². The van der Waals surface area contributed by atoms with Gasteiger partial charge in [0.25, 0.3) is 0 Å². The van der Waals surface area contributed by atoms with E-state index in [9.17, 15) is 4.39 Å². The highest BCUT2D eigenvalue weighted by molar-refractivity contribution is 5.49. The Morgan fingerprint density at radius 1 is 1.00 bits per heavy atom. The third-order valence-corrected chi connectivity index (χ3v) is 2.54. The predicted octanol–water partition coefficient (Wildman–Crippen LogP) is 1.93. The number of benzene rings is 1. The lowest BCUT2D eigenvalue weighted by molar-refractivity contribution is 0.0272. The highest BCUT2D eigenvalue weighted by Crippen LogP contribution is 2.20. The third-order valence-electron chi connectivity index (χ3n) is 2.54. The van der Waals surface area contributed by atoms with Crippen molar-refractivity contribution in [3.8, 4) is 5.75 Å². The first kappa shape index (κ1) is 16.7. The molecule has 0 radical (unpaired) electrons. The van der Waals surface area contributed by atoms with Crippen LogP contribution in [-0.2, 0) is 14.2 Å². The van der Waals surface area contributed by atoms with Crippen molar-refractivity contribution in [1.29, 1.82) is 0 Å². The van der Waals surface area contributed by atoms with E-state index in [1.54, 1.807) is 26.4 Å². The average Bonchev–Trinajstić information content (AvgIpc) is 2.47. The van der Waals surface area contributed by atoms with Gasteiger partial charge in [0, 0.05) is 19.7 Å². The van der Waals surface area contributed by atoms with Crippen LogP contribution < -0.4 is 10.1 Å². The van der Waals surface area contributed by atoms with E-state index in [4.69, 9.17) is 18.9 Å². The summed E-state index contributed by atoms with van der Waals surface area (Å²) in [5.74, 6) is 0.301. The maximum absolute atomic E-state index is 13.5. The first-order chi connectivity index (χ1) is 9.77. The van der Waals surface area contributed by atoms with Crippen LogP contribution in [0.3, 0.4) is 0 Å². The van der Waals surface area contributed by atoms with Gasteiger partial charge in [-0.15, -0.1) is 0 Å². The van der Waals surface area contributed by atoms with Gasteiger partial charge in [-0.3, -0.25) is 0 Å². The molecule has 0 aromatic heterocycles. The zero-order valence-electron chi connectivity index (χ0n) is 12.0. The SMILES string of the molecule is COCCOCCOCCNc1cc(OC)ccc1F. The fraction of sp³-hybridized carbons (Fsp3) is 0.571. The van der Waals surface area contributed by atoms with Gasteiger partial charge in [0.2, 0.25) is 0 Å². The molecule has 1 N–H and O–H groups in total. The quantitative estimate of drug-likeness (QED) is 0.630. The first-order valence-corrected chi connectivity index (χ1v) is 6.49. The number of ether oxygens (including phenoxy) is 4. The molecule has 0 saturated heterocycles. The van der Waals surface area contributed by atoms with Crippen molar-refractivity contribution >= 4 is 5.69 Å². The summed E-state index contributed by atoms with van der Waals surface area (Å²) in [5, 5.41) is 2.96. The molecule has 6 heteroatoms. The predicted molar refractivity (Wildman–Crippen MR) is 75.0 cm³/mol. The summed E-state index contributed by atoms with van der Waals surface area (Å²) < 4.78 is 33.9. The van der Waals surface area contributed by atoms with Crippen molar-refractivity contribution in [2.75, 3.05) is 59.1 Å². The number of rotatable bonds is 11. The van der Waals surface area contributed by atoms with E-state index < -0.39 is 0 Å². The van der Waals surface area contributed by atoms with Crippen LogP contribution >= 0.6 is 0 Å². The molecule has 1 aromatic rings. The summed E-state index contributed by atoms with van der Waals surface area (Å²) in [6.45, 7) is 3.17. The van der Waals surface area contributed by atoms with Crippen molar-refractivity contribution < 1.29 is 23.3 Å². The van der Waals surface area contributed by atoms with Gasteiger partial charge in [0.15, 0.2) is 0 Å². The third kappa shape index (κ3) is 6.70. The number of halogens is 1. The summed E-state index contributed by atoms with van der Waals surface area (Å²) >= 11 is 0. The average molecular weight is 287 g/mol. The summed E-state index contributed by atoms with van der Waals surface area (Å²) in [4.78, 5) is 0. The van der Waals surface area contributed by atoms with Crippen LogP contribution in [0.1, 0.15) is 0 Å². The first-order valence-electron chi connectivity index (χ1n) is 6.49. The second-order valence-electron chi connectivity index (χ2n) is 3.99. The summed E-state index contributed by atoms with van der Waals surface area (Å²) in [6, 6.07) is 4.56. The molecule has 0 aliphatic heterocycles. The maximum atomic E-state index is 13.5. The fourth-order valence-corrected chi connectivity index (χ4v) is 1.49. The number of anilines is 1. The van der Waals surface area contributed by atoms with Gasteiger partial charge in [-0.25, -0.2) is 4.39 Å². The van der Waals surface area contributed by atoms with E-state index in [-0.39, 0.29) is 5.82 Å². The Morgan fingerprint density at radius 3 is 2.40 bits per heavy atom. The molecular weight excluding hydrogens is 265 g/mol.